The molecule has 0 amide bonds. The number of alkyl halides is 2. The largest absolute Gasteiger partial charge is 0.434 e. The van der Waals surface area contributed by atoms with Crippen LogP contribution in [0.5, 0.6) is 5.75 Å². The minimum Gasteiger partial charge on any atom is -0.434 e. The van der Waals surface area contributed by atoms with Gasteiger partial charge in [0.1, 0.15) is 11.6 Å². The molecule has 33 heavy (non-hydrogen) atoms. The summed E-state index contributed by atoms with van der Waals surface area (Å²) in [6, 6.07) is 12.7. The SMILES string of the molecule is Cc1nc2ccc(-c3cnc(NCCN(C)C)nc3)cc2n1Cc1ccccc1OC(F)F. The number of fused-ring (bicyclic) bond motifs is 1. The number of benzene rings is 2. The van der Waals surface area contributed by atoms with E-state index in [4.69, 9.17) is 4.74 Å². The second kappa shape index (κ2) is 9.91. The highest BCUT2D eigenvalue weighted by atomic mass is 19.3. The summed E-state index contributed by atoms with van der Waals surface area (Å²) in [4.78, 5) is 15.5. The molecular weight excluding hydrogens is 426 g/mol. The molecule has 0 aliphatic carbocycles. The Morgan fingerprint density at radius 1 is 1.06 bits per heavy atom. The zero-order valence-electron chi connectivity index (χ0n) is 18.8. The van der Waals surface area contributed by atoms with Gasteiger partial charge in [0.05, 0.1) is 17.6 Å². The highest BCUT2D eigenvalue weighted by Crippen LogP contribution is 2.27. The van der Waals surface area contributed by atoms with Crippen LogP contribution in [-0.4, -0.2) is 58.2 Å². The van der Waals surface area contributed by atoms with Crippen LogP contribution in [0.4, 0.5) is 14.7 Å². The lowest BCUT2D eigenvalue weighted by atomic mass is 10.1. The smallest absolute Gasteiger partial charge is 0.387 e. The van der Waals surface area contributed by atoms with Crippen molar-refractivity contribution in [1.82, 2.24) is 24.4 Å². The fourth-order valence-electron chi connectivity index (χ4n) is 3.60. The Hall–Kier alpha value is -3.59. The summed E-state index contributed by atoms with van der Waals surface area (Å²) in [6.45, 7) is 1.02. The van der Waals surface area contributed by atoms with Crippen molar-refractivity contribution in [3.8, 4) is 16.9 Å². The molecule has 0 bridgehead atoms. The van der Waals surface area contributed by atoms with Gasteiger partial charge in [-0.15, -0.1) is 0 Å². The molecule has 0 radical (unpaired) electrons. The predicted octanol–water partition coefficient (Wildman–Crippen LogP) is 4.42. The molecule has 4 rings (SSSR count). The van der Waals surface area contributed by atoms with E-state index in [1.54, 1.807) is 36.7 Å². The molecule has 0 fully saturated rings. The maximum absolute atomic E-state index is 12.8. The summed E-state index contributed by atoms with van der Waals surface area (Å²) in [5.74, 6) is 1.53. The fourth-order valence-corrected chi connectivity index (χ4v) is 3.60. The Morgan fingerprint density at radius 2 is 1.82 bits per heavy atom. The molecule has 0 aliphatic rings. The number of anilines is 1. The van der Waals surface area contributed by atoms with Crippen LogP contribution in [0.25, 0.3) is 22.2 Å². The molecule has 2 aromatic carbocycles. The molecule has 0 saturated heterocycles. The molecule has 4 aromatic rings. The maximum atomic E-state index is 12.8. The van der Waals surface area contributed by atoms with Gasteiger partial charge in [-0.2, -0.15) is 8.78 Å². The van der Waals surface area contributed by atoms with E-state index in [-0.39, 0.29) is 5.75 Å². The lowest BCUT2D eigenvalue weighted by molar-refractivity contribution is -0.0504. The molecule has 0 atom stereocenters. The first-order valence-electron chi connectivity index (χ1n) is 10.6. The van der Waals surface area contributed by atoms with Crippen LogP contribution in [0.3, 0.4) is 0 Å². The lowest BCUT2D eigenvalue weighted by Gasteiger charge is -2.13. The molecule has 0 spiro atoms. The van der Waals surface area contributed by atoms with Crippen LogP contribution < -0.4 is 10.1 Å². The monoisotopic (exact) mass is 452 g/mol. The molecule has 7 nitrogen and oxygen atoms in total. The van der Waals surface area contributed by atoms with Crippen molar-refractivity contribution in [2.75, 3.05) is 32.5 Å². The molecule has 0 aliphatic heterocycles. The molecule has 0 saturated carbocycles. The van der Waals surface area contributed by atoms with Gasteiger partial charge in [0.2, 0.25) is 5.95 Å². The normalized spacial score (nSPS) is 11.5. The molecule has 9 heteroatoms. The highest BCUT2D eigenvalue weighted by molar-refractivity contribution is 5.82. The molecule has 172 valence electrons. The van der Waals surface area contributed by atoms with E-state index >= 15 is 0 Å². The number of imidazole rings is 1. The second-order valence-corrected chi connectivity index (χ2v) is 7.96. The van der Waals surface area contributed by atoms with Gasteiger partial charge in [-0.25, -0.2) is 15.0 Å². The van der Waals surface area contributed by atoms with Crippen molar-refractivity contribution in [3.05, 3.63) is 66.2 Å². The van der Waals surface area contributed by atoms with Crippen LogP contribution in [0.2, 0.25) is 0 Å². The first kappa shape index (κ1) is 22.6. The van der Waals surface area contributed by atoms with Gasteiger partial charge >= 0.3 is 6.61 Å². The molecule has 1 N–H and O–H groups in total. The Kier molecular flexibility index (Phi) is 6.79. The third kappa shape index (κ3) is 5.43. The van der Waals surface area contributed by atoms with Gasteiger partial charge in [-0.3, -0.25) is 0 Å². The van der Waals surface area contributed by atoms with E-state index in [1.807, 2.05) is 43.8 Å². The van der Waals surface area contributed by atoms with Gasteiger partial charge < -0.3 is 19.5 Å². The summed E-state index contributed by atoms with van der Waals surface area (Å²) in [6.07, 6.45) is 3.57. The number of nitrogens with zero attached hydrogens (tertiary/aromatic N) is 5. The molecule has 0 unspecified atom stereocenters. The van der Waals surface area contributed by atoms with Gasteiger partial charge in [0.25, 0.3) is 0 Å². The topological polar surface area (TPSA) is 68.1 Å². The highest BCUT2D eigenvalue weighted by Gasteiger charge is 2.14. The average Bonchev–Trinajstić information content (AvgIpc) is 3.09. The van der Waals surface area contributed by atoms with Gasteiger partial charge in [0, 0.05) is 36.6 Å². The minimum absolute atomic E-state index is 0.163. The van der Waals surface area contributed by atoms with Gasteiger partial charge in [0.15, 0.2) is 0 Å². The first-order chi connectivity index (χ1) is 15.9. The number of ether oxygens (including phenoxy) is 1. The quantitative estimate of drug-likeness (QED) is 0.405. The summed E-state index contributed by atoms with van der Waals surface area (Å²) in [5, 5.41) is 3.20. The van der Waals surface area contributed by atoms with Crippen LogP contribution >= 0.6 is 0 Å². The van der Waals surface area contributed by atoms with Crippen LogP contribution in [0.1, 0.15) is 11.4 Å². The maximum Gasteiger partial charge on any atom is 0.387 e. The predicted molar refractivity (Wildman–Crippen MR) is 125 cm³/mol. The summed E-state index contributed by atoms with van der Waals surface area (Å²) < 4.78 is 32.3. The van der Waals surface area contributed by atoms with E-state index in [0.29, 0.717) is 18.1 Å². The number of para-hydroxylation sites is 1. The summed E-state index contributed by atoms with van der Waals surface area (Å²) in [5.41, 5.74) is 4.20. The van der Waals surface area contributed by atoms with Crippen molar-refractivity contribution in [2.24, 2.45) is 0 Å². The Balaban J connectivity index is 1.61. The number of hydrogen-bond donors (Lipinski definition) is 1. The Morgan fingerprint density at radius 3 is 2.55 bits per heavy atom. The number of likely N-dealkylation sites (N-methyl/N-ethyl adjacent to an activating group) is 1. The number of rotatable bonds is 9. The number of halogens is 2. The van der Waals surface area contributed by atoms with E-state index in [2.05, 4.69) is 25.2 Å². The fraction of sp³-hybridized carbons (Fsp3) is 0.292. The summed E-state index contributed by atoms with van der Waals surface area (Å²) in [7, 11) is 4.03. The second-order valence-electron chi connectivity index (χ2n) is 7.96. The summed E-state index contributed by atoms with van der Waals surface area (Å²) >= 11 is 0. The van der Waals surface area contributed by atoms with Crippen molar-refractivity contribution < 1.29 is 13.5 Å². The standard InChI is InChI=1S/C24H26F2N6O/c1-16-30-20-9-8-17(19-13-28-24(29-14-19)27-10-11-31(2)3)12-21(20)32(16)15-18-6-4-5-7-22(18)33-23(25)26/h4-9,12-14,23H,10-11,15H2,1-3H3,(H,27,28,29). The van der Waals surface area contributed by atoms with Crippen LogP contribution in [0.15, 0.2) is 54.9 Å². The van der Waals surface area contributed by atoms with E-state index in [9.17, 15) is 8.78 Å². The Bertz CT molecular complexity index is 1220. The van der Waals surface area contributed by atoms with Crippen molar-refractivity contribution >= 4 is 17.0 Å². The number of aryl methyl sites for hydroxylation is 1. The number of aromatic nitrogens is 4. The van der Waals surface area contributed by atoms with Gasteiger partial charge in [-0.1, -0.05) is 24.3 Å². The third-order valence-corrected chi connectivity index (χ3v) is 5.28. The zero-order valence-corrected chi connectivity index (χ0v) is 18.8. The molecule has 2 heterocycles. The van der Waals surface area contributed by atoms with Crippen molar-refractivity contribution in [1.29, 1.82) is 0 Å². The van der Waals surface area contributed by atoms with E-state index in [0.717, 1.165) is 41.1 Å². The number of nitrogens with one attached hydrogen (secondary N) is 1. The van der Waals surface area contributed by atoms with Crippen molar-refractivity contribution in [2.45, 2.75) is 20.1 Å². The van der Waals surface area contributed by atoms with E-state index < -0.39 is 6.61 Å². The lowest BCUT2D eigenvalue weighted by Crippen LogP contribution is -2.21. The van der Waals surface area contributed by atoms with Crippen LogP contribution in [0, 0.1) is 6.92 Å². The van der Waals surface area contributed by atoms with Crippen LogP contribution in [-0.2, 0) is 6.54 Å². The zero-order chi connectivity index (χ0) is 23.4. The molecular formula is C24H26F2N6O. The molecule has 2 aromatic heterocycles. The van der Waals surface area contributed by atoms with Crippen molar-refractivity contribution in [3.63, 3.8) is 0 Å². The number of hydrogen-bond acceptors (Lipinski definition) is 6. The first-order valence-corrected chi connectivity index (χ1v) is 10.6. The Labute approximate surface area is 191 Å². The van der Waals surface area contributed by atoms with E-state index in [1.165, 1.54) is 0 Å². The third-order valence-electron chi connectivity index (χ3n) is 5.28. The average molecular weight is 453 g/mol. The van der Waals surface area contributed by atoms with Gasteiger partial charge in [-0.05, 0) is 44.8 Å². The minimum atomic E-state index is -2.88.